The van der Waals surface area contributed by atoms with Crippen molar-refractivity contribution in [3.05, 3.63) is 0 Å². The number of hydrogen-bond donors (Lipinski definition) is 1. The molecule has 0 bridgehead atoms. The summed E-state index contributed by atoms with van der Waals surface area (Å²) < 4.78 is 39.3. The van der Waals surface area contributed by atoms with Crippen molar-refractivity contribution >= 4 is 6.09 Å². The summed E-state index contributed by atoms with van der Waals surface area (Å²) in [6.45, 7) is 3.56. The topological polar surface area (TPSA) is 41.6 Å². The minimum Gasteiger partial charge on any atom is -0.440 e. The molecule has 7 heteroatoms. The second-order valence-corrected chi connectivity index (χ2v) is 4.64. The first-order chi connectivity index (χ1) is 8.37. The minimum absolute atomic E-state index is 0.311. The number of carbonyl (C=O) groups is 1. The van der Waals surface area contributed by atoms with Gasteiger partial charge in [0.15, 0.2) is 6.61 Å². The van der Waals surface area contributed by atoms with Crippen LogP contribution in [0.1, 0.15) is 19.8 Å². The summed E-state index contributed by atoms with van der Waals surface area (Å²) in [7, 11) is 0. The first-order valence-electron chi connectivity index (χ1n) is 6.06. The van der Waals surface area contributed by atoms with Crippen molar-refractivity contribution in [2.45, 2.75) is 25.9 Å². The Morgan fingerprint density at radius 3 is 2.56 bits per heavy atom. The van der Waals surface area contributed by atoms with Crippen molar-refractivity contribution in [3.63, 3.8) is 0 Å². The van der Waals surface area contributed by atoms with Crippen LogP contribution < -0.4 is 5.32 Å². The Kier molecular flexibility index (Phi) is 5.71. The lowest BCUT2D eigenvalue weighted by Crippen LogP contribution is -2.39. The number of nitrogens with one attached hydrogen (secondary N) is 1. The average Bonchev–Trinajstić information content (AvgIpc) is 2.28. The van der Waals surface area contributed by atoms with Crippen LogP contribution in [0.4, 0.5) is 18.0 Å². The number of piperidine rings is 1. The van der Waals surface area contributed by atoms with Crippen LogP contribution in [0.2, 0.25) is 0 Å². The fraction of sp³-hybridized carbons (Fsp3) is 0.909. The van der Waals surface area contributed by atoms with Crippen molar-refractivity contribution in [3.8, 4) is 0 Å². The molecule has 0 aliphatic carbocycles. The van der Waals surface area contributed by atoms with Crippen molar-refractivity contribution in [1.82, 2.24) is 10.2 Å². The van der Waals surface area contributed by atoms with Gasteiger partial charge in [0.2, 0.25) is 0 Å². The molecule has 0 aromatic rings. The molecule has 1 saturated heterocycles. The van der Waals surface area contributed by atoms with Crippen LogP contribution in [0.3, 0.4) is 0 Å². The van der Waals surface area contributed by atoms with E-state index in [1.54, 1.807) is 0 Å². The summed E-state index contributed by atoms with van der Waals surface area (Å²) in [5.74, 6) is 0.728. The number of hydrogen-bond acceptors (Lipinski definition) is 3. The molecule has 1 fully saturated rings. The van der Waals surface area contributed by atoms with Crippen LogP contribution >= 0.6 is 0 Å². The quantitative estimate of drug-likeness (QED) is 0.848. The van der Waals surface area contributed by atoms with Gasteiger partial charge >= 0.3 is 12.3 Å². The molecule has 1 rings (SSSR count). The lowest BCUT2D eigenvalue weighted by Gasteiger charge is -2.29. The molecular weight excluding hydrogens is 249 g/mol. The smallest absolute Gasteiger partial charge is 0.422 e. The molecule has 0 aromatic carbocycles. The third kappa shape index (κ3) is 6.68. The van der Waals surface area contributed by atoms with Gasteiger partial charge in [-0.25, -0.2) is 4.79 Å². The Labute approximate surface area is 104 Å². The van der Waals surface area contributed by atoms with Crippen LogP contribution in [-0.2, 0) is 4.74 Å². The molecule has 0 radical (unpaired) electrons. The molecule has 1 aliphatic heterocycles. The van der Waals surface area contributed by atoms with Crippen LogP contribution in [0.15, 0.2) is 0 Å². The number of ether oxygens (including phenoxy) is 1. The summed E-state index contributed by atoms with van der Waals surface area (Å²) in [6, 6.07) is 0. The molecule has 0 atom stereocenters. The Morgan fingerprint density at radius 1 is 1.39 bits per heavy atom. The Morgan fingerprint density at radius 2 is 2.00 bits per heavy atom. The summed E-state index contributed by atoms with van der Waals surface area (Å²) in [6.07, 6.45) is -3.24. The Balaban J connectivity index is 2.05. The molecule has 1 N–H and O–H groups in total. The summed E-state index contributed by atoms with van der Waals surface area (Å²) in [5, 5.41) is 2.31. The normalized spacial score (nSPS) is 18.7. The number of carbonyl (C=O) groups excluding carboxylic acids is 1. The van der Waals surface area contributed by atoms with Crippen LogP contribution in [0.25, 0.3) is 0 Å². The number of likely N-dealkylation sites (tertiary alicyclic amines) is 1. The molecule has 0 aromatic heterocycles. The number of alkyl halides is 3. The molecule has 18 heavy (non-hydrogen) atoms. The van der Waals surface area contributed by atoms with E-state index in [0.29, 0.717) is 13.1 Å². The van der Waals surface area contributed by atoms with E-state index in [2.05, 4.69) is 21.9 Å². The monoisotopic (exact) mass is 268 g/mol. The van der Waals surface area contributed by atoms with Gasteiger partial charge in [-0.1, -0.05) is 6.92 Å². The maximum Gasteiger partial charge on any atom is 0.422 e. The van der Waals surface area contributed by atoms with E-state index in [-0.39, 0.29) is 0 Å². The van der Waals surface area contributed by atoms with Gasteiger partial charge in [0.05, 0.1) is 0 Å². The standard InChI is InChI=1S/C11H19F3N2O2/c1-9-2-5-16(6-3-9)7-4-15-10(17)18-8-11(12,13)14/h9H,2-8H2,1H3,(H,15,17). The summed E-state index contributed by atoms with van der Waals surface area (Å²) in [5.41, 5.74) is 0. The number of amides is 1. The Bertz CT molecular complexity index is 264. The zero-order valence-electron chi connectivity index (χ0n) is 10.4. The second kappa shape index (κ2) is 6.82. The van der Waals surface area contributed by atoms with Gasteiger partial charge in [0, 0.05) is 13.1 Å². The fourth-order valence-electron chi connectivity index (χ4n) is 1.80. The molecule has 0 saturated carbocycles. The van der Waals surface area contributed by atoms with E-state index in [0.717, 1.165) is 31.8 Å². The maximum absolute atomic E-state index is 11.8. The third-order valence-electron chi connectivity index (χ3n) is 2.94. The van der Waals surface area contributed by atoms with Gasteiger partial charge in [0.25, 0.3) is 0 Å². The highest BCUT2D eigenvalue weighted by atomic mass is 19.4. The molecule has 1 heterocycles. The predicted molar refractivity (Wildman–Crippen MR) is 60.2 cm³/mol. The molecular formula is C11H19F3N2O2. The zero-order chi connectivity index (χ0) is 13.6. The number of rotatable bonds is 4. The van der Waals surface area contributed by atoms with E-state index in [9.17, 15) is 18.0 Å². The minimum atomic E-state index is -4.47. The molecule has 1 amide bonds. The molecule has 4 nitrogen and oxygen atoms in total. The van der Waals surface area contributed by atoms with E-state index in [1.807, 2.05) is 0 Å². The van der Waals surface area contributed by atoms with Gasteiger partial charge in [-0.2, -0.15) is 13.2 Å². The maximum atomic E-state index is 11.8. The SMILES string of the molecule is CC1CCN(CCNC(=O)OCC(F)(F)F)CC1. The average molecular weight is 268 g/mol. The second-order valence-electron chi connectivity index (χ2n) is 4.64. The Hall–Kier alpha value is -0.980. The largest absolute Gasteiger partial charge is 0.440 e. The first kappa shape index (κ1) is 15.1. The van der Waals surface area contributed by atoms with Gasteiger partial charge < -0.3 is 15.0 Å². The van der Waals surface area contributed by atoms with Gasteiger partial charge in [-0.05, 0) is 31.8 Å². The third-order valence-corrected chi connectivity index (χ3v) is 2.94. The van der Waals surface area contributed by atoms with Crippen molar-refractivity contribution in [2.75, 3.05) is 32.8 Å². The predicted octanol–water partition coefficient (Wildman–Crippen LogP) is 2.01. The van der Waals surface area contributed by atoms with E-state index >= 15 is 0 Å². The molecule has 106 valence electrons. The van der Waals surface area contributed by atoms with E-state index in [1.165, 1.54) is 0 Å². The fourth-order valence-corrected chi connectivity index (χ4v) is 1.80. The number of halogens is 3. The number of alkyl carbamates (subject to hydrolysis) is 1. The first-order valence-corrected chi connectivity index (χ1v) is 6.06. The van der Waals surface area contributed by atoms with E-state index < -0.39 is 18.9 Å². The van der Waals surface area contributed by atoms with Crippen molar-refractivity contribution < 1.29 is 22.7 Å². The highest BCUT2D eigenvalue weighted by Gasteiger charge is 2.29. The highest BCUT2D eigenvalue weighted by Crippen LogP contribution is 2.15. The van der Waals surface area contributed by atoms with E-state index in [4.69, 9.17) is 0 Å². The molecule has 1 aliphatic rings. The number of nitrogens with zero attached hydrogens (tertiary/aromatic N) is 1. The molecule has 0 unspecified atom stereocenters. The highest BCUT2D eigenvalue weighted by molar-refractivity contribution is 5.67. The van der Waals surface area contributed by atoms with Crippen LogP contribution in [-0.4, -0.2) is 50.0 Å². The van der Waals surface area contributed by atoms with Gasteiger partial charge in [-0.3, -0.25) is 0 Å². The lowest BCUT2D eigenvalue weighted by molar-refractivity contribution is -0.160. The summed E-state index contributed by atoms with van der Waals surface area (Å²) >= 11 is 0. The lowest BCUT2D eigenvalue weighted by atomic mass is 9.99. The summed E-state index contributed by atoms with van der Waals surface area (Å²) in [4.78, 5) is 13.1. The van der Waals surface area contributed by atoms with Crippen molar-refractivity contribution in [1.29, 1.82) is 0 Å². The molecule has 0 spiro atoms. The van der Waals surface area contributed by atoms with Crippen LogP contribution in [0.5, 0.6) is 0 Å². The van der Waals surface area contributed by atoms with Crippen LogP contribution in [0, 0.1) is 5.92 Å². The van der Waals surface area contributed by atoms with Gasteiger partial charge in [0.1, 0.15) is 0 Å². The van der Waals surface area contributed by atoms with Crippen molar-refractivity contribution in [2.24, 2.45) is 5.92 Å². The van der Waals surface area contributed by atoms with Gasteiger partial charge in [-0.15, -0.1) is 0 Å². The zero-order valence-corrected chi connectivity index (χ0v) is 10.4.